The summed E-state index contributed by atoms with van der Waals surface area (Å²) in [6.45, 7) is 0. The normalized spacial score (nSPS) is 12.2. The van der Waals surface area contributed by atoms with E-state index in [9.17, 15) is 13.2 Å². The highest BCUT2D eigenvalue weighted by molar-refractivity contribution is 7.89. The molecule has 37 heavy (non-hydrogen) atoms. The first-order chi connectivity index (χ1) is 17.8. The highest BCUT2D eigenvalue weighted by atomic mass is 32.2. The number of carbonyl (C=O) groups excluding carboxylic acids is 1. The average Bonchev–Trinajstić information content (AvgIpc) is 3.27. The van der Waals surface area contributed by atoms with Crippen LogP contribution in [0.4, 0.5) is 17.2 Å². The van der Waals surface area contributed by atoms with Crippen molar-refractivity contribution < 1.29 is 13.2 Å². The Morgan fingerprint density at radius 2 is 1.54 bits per heavy atom. The number of amides is 1. The van der Waals surface area contributed by atoms with Crippen LogP contribution in [0.3, 0.4) is 0 Å². The molecule has 0 saturated heterocycles. The number of fused-ring (bicyclic) bond motifs is 1. The van der Waals surface area contributed by atoms with E-state index in [4.69, 9.17) is 10.9 Å². The van der Waals surface area contributed by atoms with Crippen LogP contribution in [0.15, 0.2) is 102 Å². The maximum absolute atomic E-state index is 13.4. The fraction of sp³-hybridized carbons (Fsp3) is 0.0370. The number of H-pyrrole nitrogens is 1. The molecule has 0 fully saturated rings. The summed E-state index contributed by atoms with van der Waals surface area (Å²) in [5, 5.41) is 19.3. The minimum Gasteiger partial charge on any atom is -0.382 e. The molecule has 186 valence electrons. The van der Waals surface area contributed by atoms with Gasteiger partial charge in [-0.1, -0.05) is 60.7 Å². The van der Waals surface area contributed by atoms with Crippen LogP contribution in [0.1, 0.15) is 11.6 Å². The maximum atomic E-state index is 13.4. The Kier molecular flexibility index (Phi) is 6.34. The molecule has 0 aliphatic heterocycles. The molecule has 1 amide bonds. The van der Waals surface area contributed by atoms with E-state index in [0.717, 1.165) is 22.2 Å². The number of hydrogen-bond acceptors (Lipinski definition) is 6. The van der Waals surface area contributed by atoms with E-state index in [2.05, 4.69) is 20.8 Å². The predicted octanol–water partition coefficient (Wildman–Crippen LogP) is 4.25. The number of primary sulfonamides is 1. The van der Waals surface area contributed by atoms with Crippen LogP contribution in [-0.4, -0.2) is 24.5 Å². The van der Waals surface area contributed by atoms with Crippen LogP contribution in [-0.2, 0) is 14.8 Å². The van der Waals surface area contributed by atoms with Crippen LogP contribution in [0.5, 0.6) is 0 Å². The summed E-state index contributed by atoms with van der Waals surface area (Å²) >= 11 is 0. The Balaban J connectivity index is 1.40. The fourth-order valence-corrected chi connectivity index (χ4v) is 4.90. The second-order valence-electron chi connectivity index (χ2n) is 8.47. The van der Waals surface area contributed by atoms with Gasteiger partial charge in [-0.15, -0.1) is 0 Å². The van der Waals surface area contributed by atoms with Crippen molar-refractivity contribution in [1.82, 2.24) is 10.2 Å². The summed E-state index contributed by atoms with van der Waals surface area (Å²) in [6, 6.07) is 27.6. The number of nitrogens with zero attached hydrogens (tertiary/aromatic N) is 1. The zero-order chi connectivity index (χ0) is 26.0. The number of carbonyl (C=O) groups is 1. The van der Waals surface area contributed by atoms with Crippen LogP contribution in [0.25, 0.3) is 22.0 Å². The molecule has 1 aromatic heterocycles. The predicted molar refractivity (Wildman–Crippen MR) is 145 cm³/mol. The third kappa shape index (κ3) is 5.15. The molecule has 0 radical (unpaired) electrons. The number of nitrogens with one attached hydrogen (secondary N) is 3. The lowest BCUT2D eigenvalue weighted by molar-refractivity contribution is -0.117. The van der Waals surface area contributed by atoms with Gasteiger partial charge in [0.1, 0.15) is 6.04 Å². The Morgan fingerprint density at radius 3 is 2.27 bits per heavy atom. The van der Waals surface area contributed by atoms with Gasteiger partial charge in [0, 0.05) is 22.3 Å². The van der Waals surface area contributed by atoms with E-state index >= 15 is 0 Å². The van der Waals surface area contributed by atoms with Crippen molar-refractivity contribution in [3.05, 3.63) is 103 Å². The summed E-state index contributed by atoms with van der Waals surface area (Å²) in [6.07, 6.45) is 0. The van der Waals surface area contributed by atoms with Gasteiger partial charge in [-0.05, 0) is 47.5 Å². The number of anilines is 3. The molecule has 0 unspecified atom stereocenters. The lowest BCUT2D eigenvalue weighted by atomic mass is 10.0. The number of sulfonamides is 1. The average molecular weight is 513 g/mol. The van der Waals surface area contributed by atoms with Gasteiger partial charge < -0.3 is 16.4 Å². The number of rotatable bonds is 7. The second-order valence-corrected chi connectivity index (χ2v) is 9.99. The van der Waals surface area contributed by atoms with Crippen molar-refractivity contribution in [2.24, 2.45) is 5.14 Å². The summed E-state index contributed by atoms with van der Waals surface area (Å²) in [4.78, 5) is 13.5. The minimum absolute atomic E-state index is 0.0381. The molecule has 0 aliphatic carbocycles. The van der Waals surface area contributed by atoms with Crippen LogP contribution >= 0.6 is 0 Å². The lowest BCUT2D eigenvalue weighted by Gasteiger charge is -2.20. The third-order valence-electron chi connectivity index (χ3n) is 5.96. The number of benzene rings is 4. The third-order valence-corrected chi connectivity index (χ3v) is 6.92. The van der Waals surface area contributed by atoms with Crippen molar-refractivity contribution in [2.45, 2.75) is 10.9 Å². The van der Waals surface area contributed by atoms with Crippen molar-refractivity contribution in [2.75, 3.05) is 16.4 Å². The first-order valence-corrected chi connectivity index (χ1v) is 12.9. The number of hydrogen-bond donors (Lipinski definition) is 5. The van der Waals surface area contributed by atoms with Crippen molar-refractivity contribution in [1.29, 1.82) is 0 Å². The van der Waals surface area contributed by atoms with Gasteiger partial charge in [0.05, 0.1) is 10.4 Å². The lowest BCUT2D eigenvalue weighted by Crippen LogP contribution is -2.27. The van der Waals surface area contributed by atoms with E-state index in [1.807, 2.05) is 48.5 Å². The molecular formula is C27H24N6O3S. The standard InChI is InChI=1S/C27H24N6O3S/c28-26-22-15-14-20(16-23(22)32-33-26)30-25(18-6-2-1-3-7-18)27(34)31-19-12-10-17(11-13-19)21-8-4-5-9-24(21)37(29,35)36/h1-16,25,30H,(H,31,34)(H3,28,32,33)(H2,29,35,36)/t25-/m1/s1. The SMILES string of the molecule is Nc1n[nH]c2cc(N[C@@H](C(=O)Nc3ccc(-c4ccccc4S(N)(=O)=O)cc3)c3ccccc3)ccc12. The molecule has 1 atom stereocenters. The summed E-state index contributed by atoms with van der Waals surface area (Å²) in [5.41, 5.74) is 9.82. The largest absolute Gasteiger partial charge is 0.382 e. The molecule has 4 aromatic carbocycles. The monoisotopic (exact) mass is 512 g/mol. The Labute approximate surface area is 213 Å². The van der Waals surface area contributed by atoms with Crippen LogP contribution < -0.4 is 21.5 Å². The van der Waals surface area contributed by atoms with Gasteiger partial charge in [-0.25, -0.2) is 13.6 Å². The van der Waals surface area contributed by atoms with Gasteiger partial charge >= 0.3 is 0 Å². The zero-order valence-corrected chi connectivity index (χ0v) is 20.4. The molecule has 1 heterocycles. The summed E-state index contributed by atoms with van der Waals surface area (Å²) < 4.78 is 23.9. The minimum atomic E-state index is -3.89. The maximum Gasteiger partial charge on any atom is 0.251 e. The van der Waals surface area contributed by atoms with Crippen molar-refractivity contribution in [3.63, 3.8) is 0 Å². The van der Waals surface area contributed by atoms with E-state index in [1.54, 1.807) is 42.5 Å². The highest BCUT2D eigenvalue weighted by Crippen LogP contribution is 2.29. The van der Waals surface area contributed by atoms with E-state index < -0.39 is 16.1 Å². The van der Waals surface area contributed by atoms with Gasteiger partial charge in [-0.3, -0.25) is 9.89 Å². The first-order valence-electron chi connectivity index (χ1n) is 11.4. The quantitative estimate of drug-likeness (QED) is 0.219. The summed E-state index contributed by atoms with van der Waals surface area (Å²) in [5.74, 6) is 0.141. The Bertz CT molecular complexity index is 1680. The van der Waals surface area contributed by atoms with Crippen LogP contribution in [0, 0.1) is 0 Å². The molecule has 5 rings (SSSR count). The highest BCUT2D eigenvalue weighted by Gasteiger charge is 2.21. The van der Waals surface area contributed by atoms with Gasteiger partial charge in [0.2, 0.25) is 10.0 Å². The number of nitrogens with two attached hydrogens (primary N) is 2. The first kappa shape index (κ1) is 24.0. The molecule has 0 bridgehead atoms. The number of aromatic amines is 1. The molecule has 7 N–H and O–H groups in total. The fourth-order valence-electron chi connectivity index (χ4n) is 4.14. The summed E-state index contributed by atoms with van der Waals surface area (Å²) in [7, 11) is -3.89. The zero-order valence-electron chi connectivity index (χ0n) is 19.5. The topological polar surface area (TPSA) is 156 Å². The number of aromatic nitrogens is 2. The van der Waals surface area contributed by atoms with E-state index in [1.165, 1.54) is 6.07 Å². The van der Waals surface area contributed by atoms with E-state index in [-0.39, 0.29) is 10.8 Å². The molecule has 10 heteroatoms. The molecule has 0 aliphatic rings. The molecule has 5 aromatic rings. The van der Waals surface area contributed by atoms with Crippen LogP contribution in [0.2, 0.25) is 0 Å². The van der Waals surface area contributed by atoms with Crippen molar-refractivity contribution >= 4 is 44.0 Å². The van der Waals surface area contributed by atoms with Gasteiger partial charge in [0.15, 0.2) is 5.82 Å². The Morgan fingerprint density at radius 1 is 0.865 bits per heavy atom. The van der Waals surface area contributed by atoms with E-state index in [0.29, 0.717) is 22.6 Å². The molecule has 0 saturated carbocycles. The smallest absolute Gasteiger partial charge is 0.251 e. The molecule has 9 nitrogen and oxygen atoms in total. The molecular weight excluding hydrogens is 488 g/mol. The van der Waals surface area contributed by atoms with Gasteiger partial charge in [0.25, 0.3) is 5.91 Å². The second kappa shape index (κ2) is 9.76. The number of nitrogen functional groups attached to an aromatic ring is 1. The molecule has 0 spiro atoms. The Hall–Kier alpha value is -4.67. The van der Waals surface area contributed by atoms with Crippen molar-refractivity contribution in [3.8, 4) is 11.1 Å². The van der Waals surface area contributed by atoms with Gasteiger partial charge in [-0.2, -0.15) is 5.10 Å².